The average Bonchev–Trinajstić information content (AvgIpc) is 3.43. The van der Waals surface area contributed by atoms with E-state index in [0.29, 0.717) is 38.5 Å². The Morgan fingerprint density at radius 1 is 0.909 bits per heavy atom. The Kier molecular flexibility index (Phi) is 6.50. The Labute approximate surface area is 195 Å². The van der Waals surface area contributed by atoms with Crippen LogP contribution in [-0.4, -0.2) is 38.1 Å². The van der Waals surface area contributed by atoms with Gasteiger partial charge in [-0.25, -0.2) is 4.98 Å². The summed E-state index contributed by atoms with van der Waals surface area (Å²) in [6.45, 7) is 1.74. The van der Waals surface area contributed by atoms with Gasteiger partial charge in [0.05, 0.1) is 27.0 Å². The number of aryl methyl sites for hydroxylation is 3. The predicted molar refractivity (Wildman–Crippen MR) is 127 cm³/mol. The topological polar surface area (TPSA) is 98.8 Å². The average molecular weight is 468 g/mol. The fraction of sp³-hybridized carbons (Fsp3) is 0.292. The maximum absolute atomic E-state index is 12.8. The number of anilines is 2. The second-order valence-electron chi connectivity index (χ2n) is 7.59. The lowest BCUT2D eigenvalue weighted by Gasteiger charge is -2.13. The van der Waals surface area contributed by atoms with Crippen LogP contribution >= 0.6 is 11.3 Å². The van der Waals surface area contributed by atoms with Gasteiger partial charge in [0.25, 0.3) is 11.8 Å². The molecule has 0 bridgehead atoms. The molecule has 3 aromatic rings. The molecule has 4 rings (SSSR count). The third-order valence-corrected chi connectivity index (χ3v) is 6.58. The fourth-order valence-electron chi connectivity index (χ4n) is 3.88. The first-order chi connectivity index (χ1) is 15.9. The maximum Gasteiger partial charge on any atom is 0.267 e. The second-order valence-corrected chi connectivity index (χ2v) is 8.59. The Balaban J connectivity index is 1.50. The molecule has 0 saturated heterocycles. The van der Waals surface area contributed by atoms with Gasteiger partial charge in [-0.15, -0.1) is 0 Å². The van der Waals surface area contributed by atoms with Crippen LogP contribution in [0.2, 0.25) is 0 Å². The minimum Gasteiger partial charge on any atom is -0.493 e. The van der Waals surface area contributed by atoms with Gasteiger partial charge in [0, 0.05) is 11.3 Å². The number of rotatable bonds is 7. The normalized spacial score (nSPS) is 12.1. The van der Waals surface area contributed by atoms with Crippen LogP contribution in [0.1, 0.15) is 43.3 Å². The first-order valence-electron chi connectivity index (χ1n) is 10.5. The lowest BCUT2D eigenvalue weighted by molar-refractivity contribution is 0.101. The Morgan fingerprint density at radius 3 is 2.27 bits per heavy atom. The molecule has 0 atom stereocenters. The highest BCUT2D eigenvalue weighted by Crippen LogP contribution is 2.38. The molecule has 1 aliphatic carbocycles. The summed E-state index contributed by atoms with van der Waals surface area (Å²) < 4.78 is 15.9. The number of nitrogens with one attached hydrogen (secondary N) is 2. The molecule has 2 N–H and O–H groups in total. The van der Waals surface area contributed by atoms with E-state index in [9.17, 15) is 9.59 Å². The van der Waals surface area contributed by atoms with Crippen molar-refractivity contribution in [2.24, 2.45) is 0 Å². The van der Waals surface area contributed by atoms with Gasteiger partial charge in [-0.2, -0.15) is 0 Å². The first-order valence-corrected chi connectivity index (χ1v) is 11.3. The van der Waals surface area contributed by atoms with Crippen molar-refractivity contribution in [3.8, 4) is 17.2 Å². The van der Waals surface area contributed by atoms with Gasteiger partial charge in [-0.05, 0) is 61.6 Å². The van der Waals surface area contributed by atoms with Gasteiger partial charge >= 0.3 is 0 Å². The van der Waals surface area contributed by atoms with Crippen LogP contribution in [0.25, 0.3) is 0 Å². The molecule has 2 amide bonds. The number of ether oxygens (including phenoxy) is 3. The highest BCUT2D eigenvalue weighted by molar-refractivity contribution is 7.17. The molecule has 33 heavy (non-hydrogen) atoms. The van der Waals surface area contributed by atoms with E-state index in [1.54, 1.807) is 19.1 Å². The third-order valence-electron chi connectivity index (χ3n) is 5.51. The largest absolute Gasteiger partial charge is 0.493 e. The van der Waals surface area contributed by atoms with Crippen molar-refractivity contribution in [2.75, 3.05) is 32.0 Å². The van der Waals surface area contributed by atoms with Gasteiger partial charge in [0.2, 0.25) is 5.75 Å². The lowest BCUT2D eigenvalue weighted by Crippen LogP contribution is -2.12. The van der Waals surface area contributed by atoms with E-state index in [4.69, 9.17) is 14.2 Å². The highest BCUT2D eigenvalue weighted by atomic mass is 32.1. The van der Waals surface area contributed by atoms with Crippen LogP contribution in [0.3, 0.4) is 0 Å². The van der Waals surface area contributed by atoms with E-state index in [0.717, 1.165) is 36.3 Å². The number of hydrogen-bond donors (Lipinski definition) is 2. The zero-order chi connectivity index (χ0) is 23.5. The van der Waals surface area contributed by atoms with Crippen molar-refractivity contribution < 1.29 is 23.8 Å². The molecule has 8 nitrogen and oxygen atoms in total. The quantitative estimate of drug-likeness (QED) is 0.532. The molecule has 1 heterocycles. The summed E-state index contributed by atoms with van der Waals surface area (Å²) >= 11 is 1.12. The monoisotopic (exact) mass is 467 g/mol. The summed E-state index contributed by atoms with van der Waals surface area (Å²) in [5, 5.41) is 6.01. The minimum atomic E-state index is -0.409. The molecule has 0 unspecified atom stereocenters. The predicted octanol–water partition coefficient (Wildman–Crippen LogP) is 4.47. The van der Waals surface area contributed by atoms with Crippen molar-refractivity contribution in [3.05, 3.63) is 57.6 Å². The number of carbonyl (C=O) groups is 2. The minimum absolute atomic E-state index is 0.253. The van der Waals surface area contributed by atoms with E-state index in [1.165, 1.54) is 32.5 Å². The molecule has 172 valence electrons. The summed E-state index contributed by atoms with van der Waals surface area (Å²) in [4.78, 5) is 30.5. The van der Waals surface area contributed by atoms with E-state index in [2.05, 4.69) is 21.7 Å². The Bertz CT molecular complexity index is 1200. The van der Waals surface area contributed by atoms with E-state index < -0.39 is 5.91 Å². The SMILES string of the molecule is COc1cc(C(=O)Nc2nc(C)c(C(=O)Nc3ccc4c(c3)CCC4)s2)cc(OC)c1OC. The Morgan fingerprint density at radius 2 is 1.61 bits per heavy atom. The molecule has 0 fully saturated rings. The standard InChI is InChI=1S/C24H25N3O5S/c1-13-21(23(29)26-17-9-8-14-6-5-7-15(14)10-17)33-24(25-13)27-22(28)16-11-18(30-2)20(32-4)19(12-16)31-3/h8-12H,5-7H2,1-4H3,(H,26,29)(H,25,27,28). The van der Waals surface area contributed by atoms with Crippen molar-refractivity contribution in [3.63, 3.8) is 0 Å². The number of amides is 2. The number of methoxy groups -OCH3 is 3. The molecule has 0 radical (unpaired) electrons. The molecule has 0 saturated carbocycles. The van der Waals surface area contributed by atoms with Gasteiger partial charge in [0.15, 0.2) is 16.6 Å². The number of thiazole rings is 1. The van der Waals surface area contributed by atoms with Crippen LogP contribution in [0.15, 0.2) is 30.3 Å². The number of nitrogens with zero attached hydrogens (tertiary/aromatic N) is 1. The van der Waals surface area contributed by atoms with Gasteiger partial charge in [-0.3, -0.25) is 14.9 Å². The van der Waals surface area contributed by atoms with Gasteiger partial charge in [-0.1, -0.05) is 17.4 Å². The van der Waals surface area contributed by atoms with E-state index >= 15 is 0 Å². The number of carbonyl (C=O) groups excluding carboxylic acids is 2. The first kappa shape index (κ1) is 22.6. The summed E-state index contributed by atoms with van der Waals surface area (Å²) in [6, 6.07) is 9.13. The highest BCUT2D eigenvalue weighted by Gasteiger charge is 2.21. The van der Waals surface area contributed by atoms with Crippen LogP contribution in [-0.2, 0) is 12.8 Å². The molecule has 1 aromatic heterocycles. The second kappa shape index (κ2) is 9.50. The number of benzene rings is 2. The smallest absolute Gasteiger partial charge is 0.267 e. The van der Waals surface area contributed by atoms with Gasteiger partial charge in [0.1, 0.15) is 4.88 Å². The number of aromatic nitrogens is 1. The maximum atomic E-state index is 12.8. The molecule has 2 aromatic carbocycles. The van der Waals surface area contributed by atoms with Gasteiger partial charge < -0.3 is 19.5 Å². The zero-order valence-corrected chi connectivity index (χ0v) is 19.7. The number of fused-ring (bicyclic) bond motifs is 1. The number of hydrogen-bond acceptors (Lipinski definition) is 7. The summed E-state index contributed by atoms with van der Waals surface area (Å²) in [5.41, 5.74) is 4.24. The van der Waals surface area contributed by atoms with Crippen molar-refractivity contribution >= 4 is 34.0 Å². The van der Waals surface area contributed by atoms with Crippen LogP contribution in [0.5, 0.6) is 17.2 Å². The summed E-state index contributed by atoms with van der Waals surface area (Å²) in [6.07, 6.45) is 3.28. The van der Waals surface area contributed by atoms with Crippen molar-refractivity contribution in [2.45, 2.75) is 26.2 Å². The zero-order valence-electron chi connectivity index (χ0n) is 18.9. The molecule has 0 aliphatic heterocycles. The molecular formula is C24H25N3O5S. The Hall–Kier alpha value is -3.59. The van der Waals surface area contributed by atoms with Crippen molar-refractivity contribution in [1.29, 1.82) is 0 Å². The van der Waals surface area contributed by atoms with Crippen LogP contribution < -0.4 is 24.8 Å². The molecule has 9 heteroatoms. The summed E-state index contributed by atoms with van der Waals surface area (Å²) in [5.74, 6) is 0.468. The lowest BCUT2D eigenvalue weighted by atomic mass is 10.1. The molecular weight excluding hydrogens is 442 g/mol. The van der Waals surface area contributed by atoms with Crippen LogP contribution in [0.4, 0.5) is 10.8 Å². The van der Waals surface area contributed by atoms with E-state index in [-0.39, 0.29) is 5.91 Å². The van der Waals surface area contributed by atoms with Crippen molar-refractivity contribution in [1.82, 2.24) is 4.98 Å². The summed E-state index contributed by atoms with van der Waals surface area (Å²) in [7, 11) is 4.46. The van der Waals surface area contributed by atoms with E-state index in [1.807, 2.05) is 12.1 Å². The molecule has 1 aliphatic rings. The fourth-order valence-corrected chi connectivity index (χ4v) is 4.74. The third kappa shape index (κ3) is 4.63. The van der Waals surface area contributed by atoms with Crippen LogP contribution in [0, 0.1) is 6.92 Å². The molecule has 0 spiro atoms.